The van der Waals surface area contributed by atoms with Crippen LogP contribution in [-0.2, 0) is 0 Å². The molecule has 0 fully saturated rings. The Hall–Kier alpha value is -3.63. The second kappa shape index (κ2) is 6.47. The Morgan fingerprint density at radius 3 is 2.44 bits per heavy atom. The number of hydrogen-bond donors (Lipinski definition) is 2. The van der Waals surface area contributed by atoms with Gasteiger partial charge in [0.2, 0.25) is 11.6 Å². The normalized spacial score (nSPS) is 10.5. The number of nitro groups is 1. The molecule has 1 aromatic carbocycles. The summed E-state index contributed by atoms with van der Waals surface area (Å²) in [5.41, 5.74) is -0.406. The first-order valence-electron chi connectivity index (χ1n) is 6.86. The molecule has 0 bridgehead atoms. The Kier molecular flexibility index (Phi) is 4.20. The molecular formula is C14H10F2N6O3. The number of aryl methyl sites for hydroxylation is 1. The quantitative estimate of drug-likeness (QED) is 0.531. The molecule has 25 heavy (non-hydrogen) atoms. The summed E-state index contributed by atoms with van der Waals surface area (Å²) in [6.07, 6.45) is 1.07. The van der Waals surface area contributed by atoms with Gasteiger partial charge in [0.1, 0.15) is 12.1 Å². The first-order chi connectivity index (χ1) is 11.9. The SMILES string of the molecule is Cc1cc(Nc2ncnc(Nc3ccc(F)c(F)c3)c2[N+](=O)[O-])no1. The van der Waals surface area contributed by atoms with Gasteiger partial charge in [-0.05, 0) is 19.1 Å². The minimum Gasteiger partial charge on any atom is -0.360 e. The van der Waals surface area contributed by atoms with E-state index in [0.29, 0.717) is 5.76 Å². The molecular weight excluding hydrogens is 338 g/mol. The van der Waals surface area contributed by atoms with E-state index >= 15 is 0 Å². The molecule has 0 aliphatic heterocycles. The number of halogens is 2. The summed E-state index contributed by atoms with van der Waals surface area (Å²) in [6, 6.07) is 4.49. The fourth-order valence-electron chi connectivity index (χ4n) is 1.99. The predicted molar refractivity (Wildman–Crippen MR) is 82.8 cm³/mol. The average Bonchev–Trinajstić information content (AvgIpc) is 2.96. The summed E-state index contributed by atoms with van der Waals surface area (Å²) in [5, 5.41) is 20.3. The number of benzene rings is 1. The van der Waals surface area contributed by atoms with Crippen molar-refractivity contribution in [2.24, 2.45) is 0 Å². The largest absolute Gasteiger partial charge is 0.360 e. The van der Waals surface area contributed by atoms with Crippen molar-refractivity contribution in [1.82, 2.24) is 15.1 Å². The van der Waals surface area contributed by atoms with Gasteiger partial charge >= 0.3 is 5.69 Å². The molecule has 0 atom stereocenters. The van der Waals surface area contributed by atoms with Crippen molar-refractivity contribution < 1.29 is 18.2 Å². The number of nitrogens with one attached hydrogen (secondary N) is 2. The van der Waals surface area contributed by atoms with Gasteiger partial charge in [0.15, 0.2) is 17.5 Å². The molecule has 0 radical (unpaired) electrons. The van der Waals surface area contributed by atoms with Crippen molar-refractivity contribution in [2.45, 2.75) is 6.92 Å². The van der Waals surface area contributed by atoms with Gasteiger partial charge in [0.05, 0.1) is 4.92 Å². The molecule has 2 N–H and O–H groups in total. The summed E-state index contributed by atoms with van der Waals surface area (Å²) in [7, 11) is 0. The van der Waals surface area contributed by atoms with Crippen molar-refractivity contribution in [3.63, 3.8) is 0 Å². The number of aromatic nitrogens is 3. The Morgan fingerprint density at radius 1 is 1.12 bits per heavy atom. The van der Waals surface area contributed by atoms with Crippen molar-refractivity contribution in [3.8, 4) is 0 Å². The maximum absolute atomic E-state index is 13.3. The van der Waals surface area contributed by atoms with Crippen LogP contribution in [0, 0.1) is 28.7 Å². The van der Waals surface area contributed by atoms with Crippen LogP contribution < -0.4 is 10.6 Å². The molecule has 0 saturated carbocycles. The van der Waals surface area contributed by atoms with Crippen molar-refractivity contribution in [1.29, 1.82) is 0 Å². The van der Waals surface area contributed by atoms with Crippen LogP contribution in [0.1, 0.15) is 5.76 Å². The first kappa shape index (κ1) is 16.2. The molecule has 2 heterocycles. The van der Waals surface area contributed by atoms with E-state index in [9.17, 15) is 18.9 Å². The molecule has 128 valence electrons. The van der Waals surface area contributed by atoms with E-state index < -0.39 is 22.2 Å². The van der Waals surface area contributed by atoms with E-state index in [0.717, 1.165) is 18.5 Å². The van der Waals surface area contributed by atoms with E-state index in [1.807, 2.05) is 0 Å². The third-order valence-electron chi connectivity index (χ3n) is 3.06. The van der Waals surface area contributed by atoms with Gasteiger partial charge in [-0.25, -0.2) is 18.7 Å². The van der Waals surface area contributed by atoms with Gasteiger partial charge < -0.3 is 15.2 Å². The average molecular weight is 348 g/mol. The molecule has 3 aromatic rings. The lowest BCUT2D eigenvalue weighted by Crippen LogP contribution is -2.05. The molecule has 9 nitrogen and oxygen atoms in total. The topological polar surface area (TPSA) is 119 Å². The number of rotatable bonds is 5. The van der Waals surface area contributed by atoms with Crippen molar-refractivity contribution >= 4 is 28.8 Å². The predicted octanol–water partition coefficient (Wildman–Crippen LogP) is 3.45. The zero-order valence-corrected chi connectivity index (χ0v) is 12.7. The third-order valence-corrected chi connectivity index (χ3v) is 3.06. The van der Waals surface area contributed by atoms with E-state index in [2.05, 4.69) is 25.8 Å². The Morgan fingerprint density at radius 2 is 1.84 bits per heavy atom. The first-order valence-corrected chi connectivity index (χ1v) is 6.86. The zero-order valence-electron chi connectivity index (χ0n) is 12.7. The highest BCUT2D eigenvalue weighted by molar-refractivity contribution is 5.76. The van der Waals surface area contributed by atoms with E-state index in [4.69, 9.17) is 4.52 Å². The summed E-state index contributed by atoms with van der Waals surface area (Å²) in [5.74, 6) is -1.76. The van der Waals surface area contributed by atoms with Crippen LogP contribution in [0.4, 0.5) is 37.6 Å². The highest BCUT2D eigenvalue weighted by Gasteiger charge is 2.24. The summed E-state index contributed by atoms with van der Waals surface area (Å²) < 4.78 is 31.2. The van der Waals surface area contributed by atoms with Gasteiger partial charge in [0, 0.05) is 17.8 Å². The number of anilines is 4. The highest BCUT2D eigenvalue weighted by atomic mass is 19.2. The highest BCUT2D eigenvalue weighted by Crippen LogP contribution is 2.33. The number of nitrogens with zero attached hydrogens (tertiary/aromatic N) is 4. The van der Waals surface area contributed by atoms with Gasteiger partial charge in [-0.15, -0.1) is 0 Å². The lowest BCUT2D eigenvalue weighted by Gasteiger charge is -2.09. The summed E-state index contributed by atoms with van der Waals surface area (Å²) >= 11 is 0. The molecule has 0 unspecified atom stereocenters. The van der Waals surface area contributed by atoms with E-state index in [-0.39, 0.29) is 23.1 Å². The van der Waals surface area contributed by atoms with Gasteiger partial charge in [-0.1, -0.05) is 5.16 Å². The fraction of sp³-hybridized carbons (Fsp3) is 0.0714. The van der Waals surface area contributed by atoms with Crippen LogP contribution in [0.3, 0.4) is 0 Å². The Labute approximate surface area is 138 Å². The Bertz CT molecular complexity index is 946. The van der Waals surface area contributed by atoms with Crippen LogP contribution in [0.2, 0.25) is 0 Å². The molecule has 11 heteroatoms. The molecule has 3 rings (SSSR count). The van der Waals surface area contributed by atoms with Crippen LogP contribution in [0.5, 0.6) is 0 Å². The minimum atomic E-state index is -1.10. The lowest BCUT2D eigenvalue weighted by atomic mass is 10.3. The molecule has 0 aliphatic rings. The molecule has 0 spiro atoms. The van der Waals surface area contributed by atoms with Crippen LogP contribution in [-0.4, -0.2) is 20.0 Å². The molecule has 0 amide bonds. The lowest BCUT2D eigenvalue weighted by molar-refractivity contribution is -0.383. The van der Waals surface area contributed by atoms with E-state index in [1.165, 1.54) is 12.1 Å². The van der Waals surface area contributed by atoms with E-state index in [1.54, 1.807) is 6.92 Å². The van der Waals surface area contributed by atoms with Gasteiger partial charge in [0.25, 0.3) is 0 Å². The molecule has 0 aliphatic carbocycles. The fourth-order valence-corrected chi connectivity index (χ4v) is 1.99. The van der Waals surface area contributed by atoms with Crippen LogP contribution in [0.25, 0.3) is 0 Å². The smallest absolute Gasteiger partial charge is 0.353 e. The summed E-state index contributed by atoms with van der Waals surface area (Å²) in [6.45, 7) is 1.66. The standard InChI is InChI=1S/C14H10F2N6O3/c1-7-4-11(21-25-7)20-14-12(22(23)24)13(17-6-18-14)19-8-2-3-9(15)10(16)5-8/h2-6H,1H3,(H2,17,18,19,20,21). The maximum atomic E-state index is 13.3. The van der Waals surface area contributed by atoms with Gasteiger partial charge in [-0.3, -0.25) is 10.1 Å². The number of hydrogen-bond acceptors (Lipinski definition) is 8. The second-order valence-corrected chi connectivity index (χ2v) is 4.88. The van der Waals surface area contributed by atoms with Crippen molar-refractivity contribution in [2.75, 3.05) is 10.6 Å². The monoisotopic (exact) mass is 348 g/mol. The Balaban J connectivity index is 1.97. The third kappa shape index (κ3) is 3.49. The van der Waals surface area contributed by atoms with Crippen molar-refractivity contribution in [3.05, 3.63) is 58.1 Å². The van der Waals surface area contributed by atoms with Gasteiger partial charge in [-0.2, -0.15) is 0 Å². The molecule has 2 aromatic heterocycles. The second-order valence-electron chi connectivity index (χ2n) is 4.88. The zero-order chi connectivity index (χ0) is 18.0. The minimum absolute atomic E-state index is 0.0870. The maximum Gasteiger partial charge on any atom is 0.353 e. The van der Waals surface area contributed by atoms with Crippen LogP contribution >= 0.6 is 0 Å². The van der Waals surface area contributed by atoms with Crippen LogP contribution in [0.15, 0.2) is 35.1 Å². The summed E-state index contributed by atoms with van der Waals surface area (Å²) in [4.78, 5) is 18.3. The molecule has 0 saturated heterocycles.